The van der Waals surface area contributed by atoms with E-state index in [1.54, 1.807) is 84.9 Å². The zero-order valence-electron chi connectivity index (χ0n) is 36.5. The van der Waals surface area contributed by atoms with E-state index >= 15 is 8.78 Å². The number of hydrogen-bond donors (Lipinski definition) is 3. The second kappa shape index (κ2) is 23.8. The van der Waals surface area contributed by atoms with Crippen LogP contribution >= 0.6 is 0 Å². The van der Waals surface area contributed by atoms with E-state index in [0.29, 0.717) is 44.9 Å². The van der Waals surface area contributed by atoms with Gasteiger partial charge in [-0.1, -0.05) is 72.8 Å². The number of carbonyl (C=O) groups excluding carboxylic acids is 1. The fourth-order valence-electron chi connectivity index (χ4n) is 7.40. The van der Waals surface area contributed by atoms with Gasteiger partial charge in [0.15, 0.2) is 0 Å². The number of fused-ring (bicyclic) bond motifs is 2. The number of para-hydroxylation sites is 2. The van der Waals surface area contributed by atoms with Gasteiger partial charge in [-0.15, -0.1) is 0 Å². The molecule has 2 unspecified atom stereocenters. The average molecular weight is 929 g/mol. The first kappa shape index (κ1) is 51.5. The second-order valence-corrected chi connectivity index (χ2v) is 15.0. The number of aliphatic carboxylic acids is 1. The third kappa shape index (κ3) is 12.1. The number of alkyl halides is 2. The first-order chi connectivity index (χ1) is 31.5. The van der Waals surface area contributed by atoms with Gasteiger partial charge in [0.2, 0.25) is 0 Å². The number of carbonyl (C=O) groups is 2. The van der Waals surface area contributed by atoms with Crippen LogP contribution in [0.3, 0.4) is 0 Å². The SMILES string of the molecule is COC(=O)Cc1ccccc1OCc1cc(-c2cccc(C(N)CF)c2F)c2occc2c1.NC(CF)c1cccc(-c2cc(COc3ccccc3CC(=O)O)cc3ccoc23)c1F.[Na+].[OH-]. The molecule has 2 heterocycles. The Morgan fingerprint density at radius 1 is 0.612 bits per heavy atom. The maximum atomic E-state index is 15.3. The van der Waals surface area contributed by atoms with Crippen molar-refractivity contribution in [2.45, 2.75) is 38.1 Å². The van der Waals surface area contributed by atoms with Crippen molar-refractivity contribution in [1.29, 1.82) is 0 Å². The molecule has 6 aromatic carbocycles. The Bertz CT molecular complexity index is 2960. The minimum Gasteiger partial charge on any atom is -0.870 e. The van der Waals surface area contributed by atoms with E-state index in [2.05, 4.69) is 0 Å². The fraction of sp³-hybridized carbons (Fsp3) is 0.176. The minimum absolute atomic E-state index is 0. The molecule has 0 saturated heterocycles. The van der Waals surface area contributed by atoms with Crippen LogP contribution in [0.15, 0.2) is 143 Å². The normalized spacial score (nSPS) is 11.7. The Morgan fingerprint density at radius 3 is 1.46 bits per heavy atom. The number of halogens is 4. The summed E-state index contributed by atoms with van der Waals surface area (Å²) in [4.78, 5) is 22.8. The van der Waals surface area contributed by atoms with E-state index in [4.69, 9.17) is 39.6 Å². The zero-order chi connectivity index (χ0) is 46.0. The number of esters is 1. The molecule has 342 valence electrons. The predicted molar refractivity (Wildman–Crippen MR) is 240 cm³/mol. The summed E-state index contributed by atoms with van der Waals surface area (Å²) in [5.41, 5.74) is 17.0. The van der Waals surface area contributed by atoms with Crippen molar-refractivity contribution < 1.29 is 90.3 Å². The van der Waals surface area contributed by atoms with Crippen molar-refractivity contribution in [1.82, 2.24) is 0 Å². The maximum Gasteiger partial charge on any atom is 1.00 e. The van der Waals surface area contributed by atoms with E-state index in [1.165, 1.54) is 31.8 Å². The third-order valence-corrected chi connectivity index (χ3v) is 10.6. The first-order valence-electron chi connectivity index (χ1n) is 20.4. The molecular formula is C51H45F4N2NaO9. The Labute approximate surface area is 404 Å². The van der Waals surface area contributed by atoms with Crippen molar-refractivity contribution in [3.63, 3.8) is 0 Å². The second-order valence-electron chi connectivity index (χ2n) is 15.0. The molecule has 8 rings (SSSR count). The molecule has 0 saturated carbocycles. The molecule has 2 aromatic heterocycles. The van der Waals surface area contributed by atoms with Crippen LogP contribution in [0.4, 0.5) is 17.6 Å². The monoisotopic (exact) mass is 928 g/mol. The Morgan fingerprint density at radius 2 is 1.04 bits per heavy atom. The fourth-order valence-corrected chi connectivity index (χ4v) is 7.40. The number of benzene rings is 6. The number of hydrogen-bond acceptors (Lipinski definition) is 10. The average Bonchev–Trinajstić information content (AvgIpc) is 4.01. The smallest absolute Gasteiger partial charge is 0.870 e. The Hall–Kier alpha value is -6.46. The van der Waals surface area contributed by atoms with Crippen molar-refractivity contribution in [2.24, 2.45) is 11.5 Å². The van der Waals surface area contributed by atoms with Crippen molar-refractivity contribution in [2.75, 3.05) is 20.5 Å². The summed E-state index contributed by atoms with van der Waals surface area (Å²) in [7, 11) is 1.34. The molecule has 0 aliphatic heterocycles. The third-order valence-electron chi connectivity index (χ3n) is 10.6. The molecule has 16 heteroatoms. The van der Waals surface area contributed by atoms with Gasteiger partial charge in [0.25, 0.3) is 0 Å². The van der Waals surface area contributed by atoms with Crippen LogP contribution in [0, 0.1) is 11.6 Å². The van der Waals surface area contributed by atoms with Crippen LogP contribution in [-0.4, -0.2) is 43.0 Å². The summed E-state index contributed by atoms with van der Waals surface area (Å²) >= 11 is 0. The van der Waals surface area contributed by atoms with Gasteiger partial charge in [0.05, 0.1) is 44.6 Å². The summed E-state index contributed by atoms with van der Waals surface area (Å²) in [6, 6.07) is 32.2. The van der Waals surface area contributed by atoms with Gasteiger partial charge >= 0.3 is 41.5 Å². The number of rotatable bonds is 16. The summed E-state index contributed by atoms with van der Waals surface area (Å²) < 4.78 is 84.5. The summed E-state index contributed by atoms with van der Waals surface area (Å²) in [5, 5.41) is 10.6. The molecule has 0 aliphatic carbocycles. The Balaban J connectivity index is 0.000000244. The largest absolute Gasteiger partial charge is 1.00 e. The quantitative estimate of drug-likeness (QED) is 0.0488. The molecule has 0 fully saturated rings. The van der Waals surface area contributed by atoms with Crippen LogP contribution in [0.25, 0.3) is 44.2 Å². The molecule has 8 aromatic rings. The number of furan rings is 2. The van der Waals surface area contributed by atoms with Crippen molar-refractivity contribution in [3.05, 3.63) is 179 Å². The van der Waals surface area contributed by atoms with Gasteiger partial charge < -0.3 is 45.1 Å². The van der Waals surface area contributed by atoms with E-state index in [0.717, 1.165) is 21.9 Å². The van der Waals surface area contributed by atoms with Crippen LogP contribution in [0.5, 0.6) is 11.5 Å². The van der Waals surface area contributed by atoms with Gasteiger partial charge in [-0.05, 0) is 59.7 Å². The summed E-state index contributed by atoms with van der Waals surface area (Å²) in [6.45, 7) is -1.43. The molecule has 67 heavy (non-hydrogen) atoms. The van der Waals surface area contributed by atoms with Crippen LogP contribution < -0.4 is 50.5 Å². The topological polar surface area (TPSA) is 190 Å². The number of nitrogens with two attached hydrogens (primary N) is 2. The number of methoxy groups -OCH3 is 1. The molecule has 2 atom stereocenters. The number of carboxylic acid groups (broad SMARTS) is 1. The molecule has 11 nitrogen and oxygen atoms in total. The summed E-state index contributed by atoms with van der Waals surface area (Å²) in [5.74, 6) is -1.48. The Kier molecular flexibility index (Phi) is 18.3. The molecule has 6 N–H and O–H groups in total. The number of carboxylic acids is 1. The van der Waals surface area contributed by atoms with Crippen molar-refractivity contribution >= 4 is 33.9 Å². The van der Waals surface area contributed by atoms with Gasteiger partial charge in [-0.25, -0.2) is 17.6 Å². The van der Waals surface area contributed by atoms with E-state index in [1.807, 2.05) is 24.3 Å². The number of ether oxygens (including phenoxy) is 3. The molecule has 0 radical (unpaired) electrons. The molecule has 0 amide bonds. The van der Waals surface area contributed by atoms with E-state index < -0.39 is 43.0 Å². The standard InChI is InChI=1S/C26H23F2NO4.C25H21F2NO4.Na.H2O/c1-31-24(30)13-17-5-2-3-8-23(17)33-15-16-11-18-9-10-32-26(18)21(12-16)19-6-4-7-20(25(19)28)22(29)14-27;26-13-21(28)19-6-3-5-18(24(19)27)20-11-15(10-17-8-9-31-25(17)20)14-32-22-7-2-1-4-16(22)12-23(29)30;;/h2-12,22H,13-15,29H2,1H3;1-11,21H,12-14,28H2,(H,29,30);;1H2/q;;+1;/p-1. The molecular weight excluding hydrogens is 884 g/mol. The van der Waals surface area contributed by atoms with Gasteiger partial charge in [0, 0.05) is 55.3 Å². The predicted octanol–water partition coefficient (Wildman–Crippen LogP) is 7.74. The molecule has 0 spiro atoms. The van der Waals surface area contributed by atoms with Gasteiger partial charge in [-0.3, -0.25) is 9.59 Å². The zero-order valence-corrected chi connectivity index (χ0v) is 38.5. The van der Waals surface area contributed by atoms with E-state index in [9.17, 15) is 18.4 Å². The van der Waals surface area contributed by atoms with Gasteiger partial charge in [-0.2, -0.15) is 0 Å². The summed E-state index contributed by atoms with van der Waals surface area (Å²) in [6.07, 6.45) is 2.97. The first-order valence-corrected chi connectivity index (χ1v) is 20.4. The van der Waals surface area contributed by atoms with Crippen molar-refractivity contribution in [3.8, 4) is 33.8 Å². The van der Waals surface area contributed by atoms with Crippen LogP contribution in [-0.2, 0) is 40.4 Å². The maximum absolute atomic E-state index is 15.3. The van der Waals surface area contributed by atoms with Crippen LogP contribution in [0.2, 0.25) is 0 Å². The van der Waals surface area contributed by atoms with Gasteiger partial charge in [0.1, 0.15) is 60.9 Å². The minimum atomic E-state index is -1.06. The van der Waals surface area contributed by atoms with E-state index in [-0.39, 0.29) is 89.3 Å². The van der Waals surface area contributed by atoms with Crippen LogP contribution in [0.1, 0.15) is 45.5 Å². The molecule has 0 bridgehead atoms. The molecule has 0 aliphatic rings.